The van der Waals surface area contributed by atoms with Crippen LogP contribution in [0, 0.1) is 5.82 Å². The van der Waals surface area contributed by atoms with Gasteiger partial charge in [-0.25, -0.2) is 4.39 Å². The quantitative estimate of drug-likeness (QED) is 0.836. The molecule has 3 rings (SSSR count). The normalized spacial score (nSPS) is 31.4. The van der Waals surface area contributed by atoms with E-state index < -0.39 is 0 Å². The Morgan fingerprint density at radius 3 is 3.11 bits per heavy atom. The standard InChI is InChI=1S/C15H20FNO2/c1-18-15-13-5-6-14(15)19-8-7-17(13)10-11-3-2-4-12(16)9-11/h2-4,9,13-15H,5-8,10H2,1H3. The number of hydrogen-bond donors (Lipinski definition) is 0. The first-order valence-electron chi connectivity index (χ1n) is 6.91. The molecule has 0 radical (unpaired) electrons. The Labute approximate surface area is 113 Å². The van der Waals surface area contributed by atoms with Crippen LogP contribution in [-0.2, 0) is 16.0 Å². The van der Waals surface area contributed by atoms with Crippen molar-refractivity contribution in [1.82, 2.24) is 4.90 Å². The third-order valence-electron chi connectivity index (χ3n) is 4.22. The van der Waals surface area contributed by atoms with E-state index in [0.29, 0.717) is 6.04 Å². The highest BCUT2D eigenvalue weighted by atomic mass is 19.1. The Balaban J connectivity index is 1.76. The van der Waals surface area contributed by atoms with Crippen molar-refractivity contribution in [3.05, 3.63) is 35.6 Å². The van der Waals surface area contributed by atoms with Gasteiger partial charge in [-0.05, 0) is 30.5 Å². The van der Waals surface area contributed by atoms with Crippen molar-refractivity contribution in [2.75, 3.05) is 20.3 Å². The van der Waals surface area contributed by atoms with E-state index in [1.807, 2.05) is 6.07 Å². The molecular formula is C15H20FNO2. The summed E-state index contributed by atoms with van der Waals surface area (Å²) in [6.07, 6.45) is 2.53. The maximum atomic E-state index is 13.3. The number of methoxy groups -OCH3 is 1. The van der Waals surface area contributed by atoms with Gasteiger partial charge in [0.2, 0.25) is 0 Å². The van der Waals surface area contributed by atoms with Gasteiger partial charge >= 0.3 is 0 Å². The number of fused-ring (bicyclic) bond motifs is 2. The lowest BCUT2D eigenvalue weighted by Crippen LogP contribution is -2.42. The van der Waals surface area contributed by atoms with Crippen LogP contribution in [0.25, 0.3) is 0 Å². The largest absolute Gasteiger partial charge is 0.377 e. The molecule has 1 aliphatic carbocycles. The highest BCUT2D eigenvalue weighted by Gasteiger charge is 2.42. The highest BCUT2D eigenvalue weighted by Crippen LogP contribution is 2.32. The molecule has 1 aromatic carbocycles. The SMILES string of the molecule is COC1C2CCC1N(Cc1cccc(F)c1)CCO2. The van der Waals surface area contributed by atoms with Gasteiger partial charge in [-0.2, -0.15) is 0 Å². The first kappa shape index (κ1) is 13.0. The van der Waals surface area contributed by atoms with Gasteiger partial charge in [0, 0.05) is 26.2 Å². The summed E-state index contributed by atoms with van der Waals surface area (Å²) < 4.78 is 24.7. The Hall–Kier alpha value is -0.970. The van der Waals surface area contributed by atoms with Gasteiger partial charge in [0.05, 0.1) is 18.8 Å². The number of hydrogen-bond acceptors (Lipinski definition) is 3. The molecule has 104 valence electrons. The summed E-state index contributed by atoms with van der Waals surface area (Å²) in [5.74, 6) is -0.170. The molecule has 1 saturated carbocycles. The zero-order valence-corrected chi connectivity index (χ0v) is 11.2. The third kappa shape index (κ3) is 2.66. The zero-order valence-electron chi connectivity index (χ0n) is 11.2. The van der Waals surface area contributed by atoms with Crippen LogP contribution in [0.5, 0.6) is 0 Å². The van der Waals surface area contributed by atoms with Gasteiger partial charge in [-0.15, -0.1) is 0 Å². The summed E-state index contributed by atoms with van der Waals surface area (Å²) in [4.78, 5) is 2.37. The minimum atomic E-state index is -0.170. The molecule has 0 spiro atoms. The second kappa shape index (κ2) is 5.57. The summed E-state index contributed by atoms with van der Waals surface area (Å²) in [6.45, 7) is 2.38. The van der Waals surface area contributed by atoms with Gasteiger partial charge in [-0.1, -0.05) is 12.1 Å². The summed E-state index contributed by atoms with van der Waals surface area (Å²) in [6, 6.07) is 7.23. The Morgan fingerprint density at radius 1 is 1.42 bits per heavy atom. The minimum absolute atomic E-state index is 0.149. The molecule has 19 heavy (non-hydrogen) atoms. The smallest absolute Gasteiger partial charge is 0.123 e. The molecule has 1 aliphatic heterocycles. The second-order valence-corrected chi connectivity index (χ2v) is 5.35. The van der Waals surface area contributed by atoms with Crippen molar-refractivity contribution >= 4 is 0 Å². The van der Waals surface area contributed by atoms with Gasteiger partial charge in [0.15, 0.2) is 0 Å². The maximum Gasteiger partial charge on any atom is 0.123 e. The van der Waals surface area contributed by atoms with Crippen LogP contribution < -0.4 is 0 Å². The van der Waals surface area contributed by atoms with E-state index in [-0.39, 0.29) is 18.0 Å². The van der Waals surface area contributed by atoms with E-state index in [1.54, 1.807) is 19.2 Å². The van der Waals surface area contributed by atoms with Gasteiger partial charge in [0.25, 0.3) is 0 Å². The Morgan fingerprint density at radius 2 is 2.32 bits per heavy atom. The average Bonchev–Trinajstić information content (AvgIpc) is 2.71. The number of rotatable bonds is 3. The van der Waals surface area contributed by atoms with E-state index in [0.717, 1.165) is 38.1 Å². The van der Waals surface area contributed by atoms with Crippen LogP contribution in [0.15, 0.2) is 24.3 Å². The highest BCUT2D eigenvalue weighted by molar-refractivity contribution is 5.16. The lowest BCUT2D eigenvalue weighted by atomic mass is 10.1. The lowest BCUT2D eigenvalue weighted by Gasteiger charge is -2.30. The first-order valence-corrected chi connectivity index (χ1v) is 6.91. The molecule has 0 amide bonds. The molecule has 1 heterocycles. The van der Waals surface area contributed by atoms with E-state index in [1.165, 1.54) is 6.07 Å². The number of ether oxygens (including phenoxy) is 2. The maximum absolute atomic E-state index is 13.3. The van der Waals surface area contributed by atoms with Crippen LogP contribution in [0.3, 0.4) is 0 Å². The fraction of sp³-hybridized carbons (Fsp3) is 0.600. The summed E-state index contributed by atoms with van der Waals surface area (Å²) in [5, 5.41) is 0. The van der Waals surface area contributed by atoms with E-state index in [4.69, 9.17) is 9.47 Å². The molecule has 2 aliphatic rings. The molecule has 2 fully saturated rings. The summed E-state index contributed by atoms with van der Waals surface area (Å²) in [5.41, 5.74) is 1.01. The van der Waals surface area contributed by atoms with Crippen molar-refractivity contribution in [3.63, 3.8) is 0 Å². The molecule has 3 atom stereocenters. The van der Waals surface area contributed by atoms with Gasteiger partial charge < -0.3 is 9.47 Å². The Bertz CT molecular complexity index is 440. The molecule has 0 aromatic heterocycles. The van der Waals surface area contributed by atoms with Crippen molar-refractivity contribution < 1.29 is 13.9 Å². The van der Waals surface area contributed by atoms with Crippen LogP contribution in [0.4, 0.5) is 4.39 Å². The molecule has 2 bridgehead atoms. The molecule has 3 nitrogen and oxygen atoms in total. The zero-order chi connectivity index (χ0) is 13.2. The van der Waals surface area contributed by atoms with Gasteiger partial charge in [0.1, 0.15) is 5.82 Å². The fourth-order valence-electron chi connectivity index (χ4n) is 3.34. The monoisotopic (exact) mass is 265 g/mol. The van der Waals surface area contributed by atoms with Crippen LogP contribution in [0.2, 0.25) is 0 Å². The van der Waals surface area contributed by atoms with Crippen molar-refractivity contribution in [2.45, 2.75) is 37.6 Å². The topological polar surface area (TPSA) is 21.7 Å². The number of nitrogens with zero attached hydrogens (tertiary/aromatic N) is 1. The van der Waals surface area contributed by atoms with E-state index >= 15 is 0 Å². The molecule has 3 unspecified atom stereocenters. The fourth-order valence-corrected chi connectivity index (χ4v) is 3.34. The average molecular weight is 265 g/mol. The van der Waals surface area contributed by atoms with Crippen molar-refractivity contribution in [2.24, 2.45) is 0 Å². The second-order valence-electron chi connectivity index (χ2n) is 5.35. The minimum Gasteiger partial charge on any atom is -0.377 e. The first-order chi connectivity index (χ1) is 9.28. The predicted molar refractivity (Wildman–Crippen MR) is 70.4 cm³/mol. The lowest BCUT2D eigenvalue weighted by molar-refractivity contribution is -0.0326. The predicted octanol–water partition coefficient (Wildman–Crippen LogP) is 2.20. The molecule has 0 N–H and O–H groups in total. The van der Waals surface area contributed by atoms with Crippen LogP contribution >= 0.6 is 0 Å². The number of halogens is 1. The van der Waals surface area contributed by atoms with Gasteiger partial charge in [-0.3, -0.25) is 4.90 Å². The van der Waals surface area contributed by atoms with Crippen LogP contribution in [0.1, 0.15) is 18.4 Å². The van der Waals surface area contributed by atoms with Crippen molar-refractivity contribution in [3.8, 4) is 0 Å². The molecule has 1 aromatic rings. The summed E-state index contributed by atoms with van der Waals surface area (Å²) >= 11 is 0. The third-order valence-corrected chi connectivity index (χ3v) is 4.22. The molecule has 4 heteroatoms. The molecule has 1 saturated heterocycles. The van der Waals surface area contributed by atoms with Crippen molar-refractivity contribution in [1.29, 1.82) is 0 Å². The molecular weight excluding hydrogens is 245 g/mol. The summed E-state index contributed by atoms with van der Waals surface area (Å²) in [7, 11) is 1.75. The number of benzene rings is 1. The Kier molecular flexibility index (Phi) is 3.82. The van der Waals surface area contributed by atoms with E-state index in [9.17, 15) is 4.39 Å². The van der Waals surface area contributed by atoms with Crippen LogP contribution in [-0.4, -0.2) is 43.4 Å². The van der Waals surface area contributed by atoms with E-state index in [2.05, 4.69) is 4.90 Å².